The number of rotatable bonds is 9. The highest BCUT2D eigenvalue weighted by molar-refractivity contribution is 5.87. The zero-order valence-corrected chi connectivity index (χ0v) is 20.1. The van der Waals surface area contributed by atoms with Gasteiger partial charge in [-0.15, -0.1) is 0 Å². The molecule has 2 aliphatic rings. The molecule has 188 valence electrons. The molecular formula is C27H34N2O6. The van der Waals surface area contributed by atoms with Crippen LogP contribution in [-0.2, 0) is 0 Å². The van der Waals surface area contributed by atoms with Crippen LogP contribution in [0.3, 0.4) is 0 Å². The quantitative estimate of drug-likeness (QED) is 0.467. The Morgan fingerprint density at radius 3 is 2.37 bits per heavy atom. The molecule has 0 atom stereocenters. The smallest absolute Gasteiger partial charge is 0.415 e. The summed E-state index contributed by atoms with van der Waals surface area (Å²) in [5.74, 6) is 1.53. The van der Waals surface area contributed by atoms with Gasteiger partial charge in [0.15, 0.2) is 5.75 Å². The van der Waals surface area contributed by atoms with Gasteiger partial charge in [0.25, 0.3) is 0 Å². The van der Waals surface area contributed by atoms with E-state index in [2.05, 4.69) is 4.98 Å². The molecule has 1 saturated carbocycles. The lowest BCUT2D eigenvalue weighted by atomic mass is 9.86. The number of hydrogen-bond acceptors (Lipinski definition) is 6. The molecule has 0 bridgehead atoms. The van der Waals surface area contributed by atoms with E-state index in [0.717, 1.165) is 30.4 Å². The summed E-state index contributed by atoms with van der Waals surface area (Å²) in [5, 5.41) is 9.04. The van der Waals surface area contributed by atoms with Crippen molar-refractivity contribution in [3.63, 3.8) is 0 Å². The van der Waals surface area contributed by atoms with Gasteiger partial charge in [0.2, 0.25) is 0 Å². The maximum Gasteiger partial charge on any atom is 0.415 e. The van der Waals surface area contributed by atoms with Gasteiger partial charge in [-0.1, -0.05) is 32.1 Å². The van der Waals surface area contributed by atoms with E-state index in [-0.39, 0.29) is 17.4 Å². The van der Waals surface area contributed by atoms with Gasteiger partial charge in [0, 0.05) is 32.1 Å². The summed E-state index contributed by atoms with van der Waals surface area (Å²) in [7, 11) is 0. The van der Waals surface area contributed by atoms with Gasteiger partial charge in [-0.2, -0.15) is 0 Å². The van der Waals surface area contributed by atoms with Gasteiger partial charge in [-0.05, 0) is 49.1 Å². The largest absolute Gasteiger partial charge is 0.494 e. The van der Waals surface area contributed by atoms with Gasteiger partial charge in [0.05, 0.1) is 18.4 Å². The van der Waals surface area contributed by atoms with Crippen molar-refractivity contribution in [2.75, 3.05) is 19.7 Å². The summed E-state index contributed by atoms with van der Waals surface area (Å²) in [6.45, 7) is 1.75. The number of amides is 1. The van der Waals surface area contributed by atoms with Crippen LogP contribution in [0.25, 0.3) is 0 Å². The predicted molar refractivity (Wildman–Crippen MR) is 130 cm³/mol. The molecule has 8 heteroatoms. The summed E-state index contributed by atoms with van der Waals surface area (Å²) < 4.78 is 17.3. The second-order valence-corrected chi connectivity index (χ2v) is 9.35. The fourth-order valence-corrected chi connectivity index (χ4v) is 4.76. The van der Waals surface area contributed by atoms with Gasteiger partial charge in [0.1, 0.15) is 17.6 Å². The molecule has 1 amide bonds. The van der Waals surface area contributed by atoms with Crippen LogP contribution in [0.2, 0.25) is 0 Å². The number of carboxylic acids is 1. The van der Waals surface area contributed by atoms with E-state index in [1.807, 2.05) is 24.3 Å². The Morgan fingerprint density at radius 2 is 1.66 bits per heavy atom. The fourth-order valence-electron chi connectivity index (χ4n) is 4.76. The molecule has 4 rings (SSSR count). The van der Waals surface area contributed by atoms with Crippen molar-refractivity contribution in [1.82, 2.24) is 9.88 Å². The number of pyridine rings is 1. The van der Waals surface area contributed by atoms with Gasteiger partial charge in [-0.3, -0.25) is 4.98 Å². The van der Waals surface area contributed by atoms with E-state index in [9.17, 15) is 9.59 Å². The number of nitrogens with zero attached hydrogens (tertiary/aromatic N) is 2. The molecule has 2 heterocycles. The van der Waals surface area contributed by atoms with Crippen molar-refractivity contribution in [3.8, 4) is 17.2 Å². The summed E-state index contributed by atoms with van der Waals surface area (Å²) in [6, 6.07) is 9.04. The lowest BCUT2D eigenvalue weighted by Crippen LogP contribution is -2.43. The number of aromatic carboxylic acids is 1. The summed E-state index contributed by atoms with van der Waals surface area (Å²) in [6.07, 6.45) is 12.7. The molecule has 1 saturated heterocycles. The Labute approximate surface area is 206 Å². The Balaban J connectivity index is 1.15. The van der Waals surface area contributed by atoms with Crippen LogP contribution in [0, 0.1) is 5.92 Å². The number of hydrogen-bond donors (Lipinski definition) is 1. The van der Waals surface area contributed by atoms with Crippen molar-refractivity contribution in [1.29, 1.82) is 0 Å². The first kappa shape index (κ1) is 24.8. The van der Waals surface area contributed by atoms with Crippen LogP contribution >= 0.6 is 0 Å². The molecule has 0 radical (unpaired) electrons. The maximum atomic E-state index is 12.4. The first-order chi connectivity index (χ1) is 17.1. The molecule has 1 aromatic carbocycles. The van der Waals surface area contributed by atoms with Crippen LogP contribution in [0.5, 0.6) is 17.2 Å². The molecule has 0 spiro atoms. The van der Waals surface area contributed by atoms with Crippen LogP contribution in [-0.4, -0.2) is 52.9 Å². The first-order valence-corrected chi connectivity index (χ1v) is 12.6. The highest BCUT2D eigenvalue weighted by atomic mass is 16.6. The lowest BCUT2D eigenvalue weighted by molar-refractivity contribution is 0.0694. The molecule has 1 N–H and O–H groups in total. The van der Waals surface area contributed by atoms with Gasteiger partial charge >= 0.3 is 12.1 Å². The van der Waals surface area contributed by atoms with Crippen molar-refractivity contribution >= 4 is 12.1 Å². The van der Waals surface area contributed by atoms with Gasteiger partial charge < -0.3 is 24.2 Å². The monoisotopic (exact) mass is 482 g/mol. The van der Waals surface area contributed by atoms with Crippen molar-refractivity contribution in [2.24, 2.45) is 5.92 Å². The number of ether oxygens (including phenoxy) is 3. The van der Waals surface area contributed by atoms with Crippen molar-refractivity contribution < 1.29 is 28.9 Å². The summed E-state index contributed by atoms with van der Waals surface area (Å²) in [5.41, 5.74) is -0.0294. The van der Waals surface area contributed by atoms with Crippen molar-refractivity contribution in [3.05, 3.63) is 48.3 Å². The third kappa shape index (κ3) is 7.60. The highest BCUT2D eigenvalue weighted by Crippen LogP contribution is 2.28. The van der Waals surface area contributed by atoms with Crippen molar-refractivity contribution in [2.45, 2.75) is 63.9 Å². The Morgan fingerprint density at radius 1 is 0.943 bits per heavy atom. The van der Waals surface area contributed by atoms with E-state index in [4.69, 9.17) is 19.3 Å². The number of likely N-dealkylation sites (tertiary alicyclic amines) is 1. The first-order valence-electron chi connectivity index (χ1n) is 12.6. The highest BCUT2D eigenvalue weighted by Gasteiger charge is 2.25. The summed E-state index contributed by atoms with van der Waals surface area (Å²) in [4.78, 5) is 28.9. The SMILES string of the molecule is O=C(O)c1cncc(OC(=O)N2CCC(Oc3ccc(OCCCC4CCCCC4)cc3)CC2)c1. The lowest BCUT2D eigenvalue weighted by Gasteiger charge is -2.31. The average molecular weight is 483 g/mol. The Kier molecular flexibility index (Phi) is 8.81. The van der Waals surface area contributed by atoms with E-state index < -0.39 is 12.1 Å². The van der Waals surface area contributed by atoms with E-state index in [0.29, 0.717) is 25.9 Å². The molecule has 1 aliphatic carbocycles. The number of aromatic nitrogens is 1. The number of carboxylic acid groups (broad SMARTS) is 1. The molecule has 2 aromatic rings. The molecule has 0 unspecified atom stereocenters. The molecular weight excluding hydrogens is 448 g/mol. The Bertz CT molecular complexity index is 966. The van der Waals surface area contributed by atoms with Crippen LogP contribution in [0.1, 0.15) is 68.1 Å². The molecule has 2 fully saturated rings. The van der Waals surface area contributed by atoms with Crippen LogP contribution in [0.15, 0.2) is 42.7 Å². The standard InChI is InChI=1S/C27H34N2O6/c30-26(31)21-17-25(19-28-18-21)35-27(32)29-14-12-24(13-15-29)34-23-10-8-22(9-11-23)33-16-4-7-20-5-2-1-3-6-20/h8-11,17-20,24H,1-7,12-16H2,(H,30,31). The van der Waals surface area contributed by atoms with E-state index in [1.165, 1.54) is 57.0 Å². The normalized spacial score (nSPS) is 17.1. The fraction of sp³-hybridized carbons (Fsp3) is 0.519. The third-order valence-electron chi connectivity index (χ3n) is 6.74. The van der Waals surface area contributed by atoms with E-state index in [1.54, 1.807) is 4.90 Å². The van der Waals surface area contributed by atoms with Crippen LogP contribution in [0.4, 0.5) is 4.79 Å². The molecule has 8 nitrogen and oxygen atoms in total. The topological polar surface area (TPSA) is 98.2 Å². The van der Waals surface area contributed by atoms with Crippen LogP contribution < -0.4 is 14.2 Å². The number of carbonyl (C=O) groups is 2. The number of carbonyl (C=O) groups excluding carboxylic acids is 1. The minimum absolute atomic E-state index is 0.0123. The minimum atomic E-state index is -1.12. The zero-order valence-electron chi connectivity index (χ0n) is 20.1. The Hall–Kier alpha value is -3.29. The third-order valence-corrected chi connectivity index (χ3v) is 6.74. The maximum absolute atomic E-state index is 12.4. The minimum Gasteiger partial charge on any atom is -0.494 e. The summed E-state index contributed by atoms with van der Waals surface area (Å²) >= 11 is 0. The van der Waals surface area contributed by atoms with Gasteiger partial charge in [-0.25, -0.2) is 9.59 Å². The second kappa shape index (κ2) is 12.4. The second-order valence-electron chi connectivity index (χ2n) is 9.35. The number of piperidine rings is 1. The molecule has 35 heavy (non-hydrogen) atoms. The average Bonchev–Trinajstić information content (AvgIpc) is 2.89. The molecule has 1 aliphatic heterocycles. The zero-order chi connectivity index (χ0) is 24.5. The molecule has 1 aromatic heterocycles. The van der Waals surface area contributed by atoms with E-state index >= 15 is 0 Å². The number of benzene rings is 1. The predicted octanol–water partition coefficient (Wildman–Crippen LogP) is 5.56.